The number of halogens is 1. The number of hydrogen-bond acceptors (Lipinski definition) is 2. The van der Waals surface area contributed by atoms with Gasteiger partial charge in [0.15, 0.2) is 0 Å². The summed E-state index contributed by atoms with van der Waals surface area (Å²) in [6, 6.07) is -0.0787. The van der Waals surface area contributed by atoms with E-state index in [9.17, 15) is 0 Å². The second-order valence-corrected chi connectivity index (χ2v) is 1.83. The van der Waals surface area contributed by atoms with Gasteiger partial charge in [0.1, 0.15) is 0 Å². The smallest absolute Gasteiger partial charge is 0.0685 e. The predicted octanol–water partition coefficient (Wildman–Crippen LogP) is 0.526. The van der Waals surface area contributed by atoms with Crippen LogP contribution in [0.3, 0.4) is 0 Å². The average molecular weight is 140 g/mol. The minimum absolute atomic E-state index is 0. The molecule has 0 aromatic rings. The topological polar surface area (TPSA) is 46.2 Å². The highest BCUT2D eigenvalue weighted by atomic mass is 35.5. The zero-order valence-electron chi connectivity index (χ0n) is 5.29. The molecule has 0 saturated carbocycles. The Hall–Kier alpha value is 0.210. The first-order chi connectivity index (χ1) is 3.18. The summed E-state index contributed by atoms with van der Waals surface area (Å²) in [7, 11) is 0. The maximum absolute atomic E-state index is 8.81. The van der Waals surface area contributed by atoms with Crippen LogP contribution in [0.2, 0.25) is 0 Å². The first-order valence-electron chi connectivity index (χ1n) is 2.62. The fraction of sp³-hybridized carbons (Fsp3) is 1.00. The molecule has 2 atom stereocenters. The molecule has 0 aliphatic carbocycles. The molecule has 2 unspecified atom stereocenters. The normalized spacial score (nSPS) is 16.5. The lowest BCUT2D eigenvalue weighted by atomic mass is 10.1. The van der Waals surface area contributed by atoms with Gasteiger partial charge in [0.2, 0.25) is 0 Å². The summed E-state index contributed by atoms with van der Waals surface area (Å²) in [6.07, 6.45) is 0.428. The molecule has 0 aliphatic rings. The van der Waals surface area contributed by atoms with Crippen LogP contribution in [-0.4, -0.2) is 17.3 Å². The Morgan fingerprint density at radius 3 is 2.00 bits per heavy atom. The van der Waals surface area contributed by atoms with Crippen LogP contribution in [0.4, 0.5) is 0 Å². The Bertz CT molecular complexity index is 49.7. The number of hydrogen-bond donors (Lipinski definition) is 2. The third-order valence-electron chi connectivity index (χ3n) is 1.03. The summed E-state index contributed by atoms with van der Waals surface area (Å²) in [6.45, 7) is 3.71. The minimum Gasteiger partial charge on any atom is -0.392 e. The van der Waals surface area contributed by atoms with E-state index in [0.717, 1.165) is 6.42 Å². The molecule has 0 heterocycles. The molecule has 52 valence electrons. The van der Waals surface area contributed by atoms with Crippen LogP contribution in [0.15, 0.2) is 0 Å². The first-order valence-corrected chi connectivity index (χ1v) is 2.62. The SMILES string of the molecule is CCC(O)C(C)N.Cl. The number of aliphatic hydroxyl groups is 1. The minimum atomic E-state index is -0.319. The quantitative estimate of drug-likeness (QED) is 0.586. The lowest BCUT2D eigenvalue weighted by Gasteiger charge is -2.09. The van der Waals surface area contributed by atoms with Crippen LogP contribution in [0.5, 0.6) is 0 Å². The van der Waals surface area contributed by atoms with Crippen molar-refractivity contribution in [2.45, 2.75) is 32.4 Å². The van der Waals surface area contributed by atoms with E-state index in [1.165, 1.54) is 0 Å². The third kappa shape index (κ3) is 4.37. The van der Waals surface area contributed by atoms with Gasteiger partial charge >= 0.3 is 0 Å². The van der Waals surface area contributed by atoms with Crippen molar-refractivity contribution in [3.63, 3.8) is 0 Å². The second-order valence-electron chi connectivity index (χ2n) is 1.83. The first kappa shape index (κ1) is 11.1. The van der Waals surface area contributed by atoms with Gasteiger partial charge in [0.25, 0.3) is 0 Å². The van der Waals surface area contributed by atoms with Gasteiger partial charge in [-0.25, -0.2) is 0 Å². The molecule has 0 saturated heterocycles. The molecule has 3 heteroatoms. The van der Waals surface area contributed by atoms with Crippen LogP contribution in [-0.2, 0) is 0 Å². The van der Waals surface area contributed by atoms with Crippen molar-refractivity contribution >= 4 is 12.4 Å². The van der Waals surface area contributed by atoms with Crippen LogP contribution < -0.4 is 5.73 Å². The second kappa shape index (κ2) is 5.35. The number of rotatable bonds is 2. The van der Waals surface area contributed by atoms with Gasteiger partial charge in [-0.05, 0) is 13.3 Å². The van der Waals surface area contributed by atoms with Gasteiger partial charge in [-0.2, -0.15) is 0 Å². The maximum atomic E-state index is 8.81. The van der Waals surface area contributed by atoms with Gasteiger partial charge in [0, 0.05) is 6.04 Å². The molecule has 0 aromatic carbocycles. The number of aliphatic hydroxyl groups excluding tert-OH is 1. The number of nitrogens with two attached hydrogens (primary N) is 1. The van der Waals surface area contributed by atoms with Crippen LogP contribution in [0.25, 0.3) is 0 Å². The van der Waals surface area contributed by atoms with Gasteiger partial charge in [0.05, 0.1) is 6.10 Å². The van der Waals surface area contributed by atoms with E-state index < -0.39 is 0 Å². The molecule has 2 nitrogen and oxygen atoms in total. The molecule has 0 bridgehead atoms. The maximum Gasteiger partial charge on any atom is 0.0685 e. The van der Waals surface area contributed by atoms with E-state index in [1.54, 1.807) is 6.92 Å². The van der Waals surface area contributed by atoms with Gasteiger partial charge in [-0.15, -0.1) is 12.4 Å². The van der Waals surface area contributed by atoms with Crippen molar-refractivity contribution in [1.29, 1.82) is 0 Å². The van der Waals surface area contributed by atoms with E-state index in [0.29, 0.717) is 0 Å². The fourth-order valence-corrected chi connectivity index (χ4v) is 0.372. The summed E-state index contributed by atoms with van der Waals surface area (Å²) in [5, 5.41) is 8.81. The van der Waals surface area contributed by atoms with E-state index in [-0.39, 0.29) is 24.6 Å². The van der Waals surface area contributed by atoms with Crippen molar-refractivity contribution in [3.05, 3.63) is 0 Å². The van der Waals surface area contributed by atoms with Crippen LogP contribution in [0.1, 0.15) is 20.3 Å². The Labute approximate surface area is 56.5 Å². The molecule has 0 radical (unpaired) electrons. The third-order valence-corrected chi connectivity index (χ3v) is 1.03. The molecule has 0 fully saturated rings. The molecular weight excluding hydrogens is 126 g/mol. The highest BCUT2D eigenvalue weighted by Gasteiger charge is 2.03. The van der Waals surface area contributed by atoms with Crippen molar-refractivity contribution in [2.24, 2.45) is 5.73 Å². The largest absolute Gasteiger partial charge is 0.392 e. The van der Waals surface area contributed by atoms with Gasteiger partial charge in [-0.3, -0.25) is 0 Å². The predicted molar refractivity (Wildman–Crippen MR) is 37.2 cm³/mol. The van der Waals surface area contributed by atoms with E-state index in [4.69, 9.17) is 10.8 Å². The van der Waals surface area contributed by atoms with E-state index >= 15 is 0 Å². The molecule has 0 amide bonds. The zero-order valence-corrected chi connectivity index (χ0v) is 6.11. The monoisotopic (exact) mass is 139 g/mol. The summed E-state index contributed by atoms with van der Waals surface area (Å²) in [5.74, 6) is 0. The Balaban J connectivity index is 0. The summed E-state index contributed by atoms with van der Waals surface area (Å²) >= 11 is 0. The van der Waals surface area contributed by atoms with Gasteiger partial charge in [-0.1, -0.05) is 6.92 Å². The molecule has 0 aromatic heterocycles. The van der Waals surface area contributed by atoms with Gasteiger partial charge < -0.3 is 10.8 Å². The van der Waals surface area contributed by atoms with Crippen molar-refractivity contribution in [2.75, 3.05) is 0 Å². The zero-order chi connectivity index (χ0) is 5.86. The lowest BCUT2D eigenvalue weighted by molar-refractivity contribution is 0.147. The highest BCUT2D eigenvalue weighted by molar-refractivity contribution is 5.85. The molecule has 0 aliphatic heterocycles. The summed E-state index contributed by atoms with van der Waals surface area (Å²) < 4.78 is 0. The Morgan fingerprint density at radius 1 is 1.62 bits per heavy atom. The van der Waals surface area contributed by atoms with Crippen LogP contribution in [0, 0.1) is 0 Å². The average Bonchev–Trinajstić information content (AvgIpc) is 1.65. The Kier molecular flexibility index (Phi) is 7.40. The highest BCUT2D eigenvalue weighted by Crippen LogP contribution is 1.91. The summed E-state index contributed by atoms with van der Waals surface area (Å²) in [5.41, 5.74) is 5.30. The summed E-state index contributed by atoms with van der Waals surface area (Å²) in [4.78, 5) is 0. The molecule has 0 rings (SSSR count). The van der Waals surface area contributed by atoms with E-state index in [2.05, 4.69) is 0 Å². The Morgan fingerprint density at radius 2 is 2.00 bits per heavy atom. The molecule has 8 heavy (non-hydrogen) atoms. The lowest BCUT2D eigenvalue weighted by Crippen LogP contribution is -2.30. The van der Waals surface area contributed by atoms with E-state index in [1.807, 2.05) is 6.92 Å². The van der Waals surface area contributed by atoms with Crippen molar-refractivity contribution in [1.82, 2.24) is 0 Å². The molecule has 0 spiro atoms. The fourth-order valence-electron chi connectivity index (χ4n) is 0.372. The molecular formula is C5H14ClNO. The molecule has 3 N–H and O–H groups in total. The van der Waals surface area contributed by atoms with Crippen LogP contribution >= 0.6 is 12.4 Å². The van der Waals surface area contributed by atoms with Crippen molar-refractivity contribution < 1.29 is 5.11 Å². The standard InChI is InChI=1S/C5H13NO.ClH/c1-3-5(7)4(2)6;/h4-5,7H,3,6H2,1-2H3;1H. The van der Waals surface area contributed by atoms with Crippen molar-refractivity contribution in [3.8, 4) is 0 Å².